The van der Waals surface area contributed by atoms with Gasteiger partial charge in [-0.25, -0.2) is 0 Å². The second-order valence-corrected chi connectivity index (χ2v) is 8.02. The Labute approximate surface area is 122 Å². The molecule has 108 valence electrons. The highest BCUT2D eigenvalue weighted by Crippen LogP contribution is 2.57. The van der Waals surface area contributed by atoms with Gasteiger partial charge in [-0.2, -0.15) is 0 Å². The zero-order valence-electron chi connectivity index (χ0n) is 12.1. The standard InChI is InChI=1S/C18H24O2/c1-11-3-12(2)16(4-11)17(19)20-18-8-13-5-14(9-18)7-15(6-13)10-18/h1-2,11-16H,3-10H2. The molecule has 0 aliphatic heterocycles. The van der Waals surface area contributed by atoms with Gasteiger partial charge in [-0.3, -0.25) is 4.79 Å². The monoisotopic (exact) mass is 272 g/mol. The molecule has 0 aromatic rings. The van der Waals surface area contributed by atoms with Crippen LogP contribution in [0.1, 0.15) is 51.4 Å². The van der Waals surface area contributed by atoms with Crippen molar-refractivity contribution in [2.75, 3.05) is 0 Å². The first-order chi connectivity index (χ1) is 9.53. The Morgan fingerprint density at radius 3 is 1.90 bits per heavy atom. The molecule has 4 bridgehead atoms. The first kappa shape index (κ1) is 13.2. The van der Waals surface area contributed by atoms with E-state index in [1.807, 2.05) is 0 Å². The summed E-state index contributed by atoms with van der Waals surface area (Å²) in [6.45, 7) is 12.0. The summed E-state index contributed by atoms with van der Waals surface area (Å²) in [5.41, 5.74) is -0.141. The van der Waals surface area contributed by atoms with Gasteiger partial charge in [0.15, 0.2) is 0 Å². The van der Waals surface area contributed by atoms with Crippen molar-refractivity contribution >= 4 is 5.97 Å². The van der Waals surface area contributed by atoms with Gasteiger partial charge in [-0.15, -0.1) is 0 Å². The molecule has 2 heteroatoms. The number of hydrogen-bond donors (Lipinski definition) is 0. The fourth-order valence-electron chi connectivity index (χ4n) is 5.83. The van der Waals surface area contributed by atoms with Gasteiger partial charge in [0, 0.05) is 0 Å². The lowest BCUT2D eigenvalue weighted by atomic mass is 9.54. The molecule has 0 N–H and O–H groups in total. The third-order valence-corrected chi connectivity index (χ3v) is 6.25. The SMILES string of the molecule is [CH]C1CC([CH])C(C(=O)OC23CC4CC(CC(C4)C2)C3)C1. The molecule has 5 fully saturated rings. The summed E-state index contributed by atoms with van der Waals surface area (Å²) in [6.07, 6.45) is 8.84. The van der Waals surface area contributed by atoms with Crippen molar-refractivity contribution in [3.63, 3.8) is 0 Å². The van der Waals surface area contributed by atoms with Crippen LogP contribution >= 0.6 is 0 Å². The zero-order chi connectivity index (χ0) is 13.9. The Morgan fingerprint density at radius 1 is 0.900 bits per heavy atom. The van der Waals surface area contributed by atoms with Gasteiger partial charge in [-0.1, -0.05) is 0 Å². The second kappa shape index (κ2) is 4.48. The predicted octanol–water partition coefficient (Wildman–Crippen LogP) is 3.56. The number of esters is 1. The number of ether oxygens (including phenoxy) is 1. The Hall–Kier alpha value is -0.530. The maximum atomic E-state index is 12.5. The summed E-state index contributed by atoms with van der Waals surface area (Å²) in [6, 6.07) is 0. The summed E-state index contributed by atoms with van der Waals surface area (Å²) >= 11 is 0. The van der Waals surface area contributed by atoms with E-state index in [2.05, 4.69) is 0 Å². The number of carbonyl (C=O) groups is 1. The highest BCUT2D eigenvalue weighted by atomic mass is 16.6. The summed E-state index contributed by atoms with van der Waals surface area (Å²) in [5, 5.41) is 0. The summed E-state index contributed by atoms with van der Waals surface area (Å²) in [7, 11) is 0. The van der Waals surface area contributed by atoms with Gasteiger partial charge < -0.3 is 4.74 Å². The largest absolute Gasteiger partial charge is 0.459 e. The van der Waals surface area contributed by atoms with E-state index in [-0.39, 0.29) is 29.3 Å². The van der Waals surface area contributed by atoms with Gasteiger partial charge in [-0.05, 0) is 94.8 Å². The summed E-state index contributed by atoms with van der Waals surface area (Å²) in [5.74, 6) is 2.13. The molecule has 5 saturated carbocycles. The van der Waals surface area contributed by atoms with Gasteiger partial charge >= 0.3 is 5.97 Å². The van der Waals surface area contributed by atoms with Crippen molar-refractivity contribution in [1.82, 2.24) is 0 Å². The molecule has 0 saturated heterocycles. The highest BCUT2D eigenvalue weighted by Gasteiger charge is 2.54. The Morgan fingerprint density at radius 2 is 1.45 bits per heavy atom. The molecule has 0 spiro atoms. The summed E-state index contributed by atoms with van der Waals surface area (Å²) < 4.78 is 6.08. The molecule has 4 radical (unpaired) electrons. The van der Waals surface area contributed by atoms with Gasteiger partial charge in [0.1, 0.15) is 5.60 Å². The molecule has 5 aliphatic carbocycles. The highest BCUT2D eigenvalue weighted by molar-refractivity contribution is 5.74. The lowest BCUT2D eigenvalue weighted by Gasteiger charge is -2.55. The minimum atomic E-state index is -0.169. The van der Waals surface area contributed by atoms with Crippen LogP contribution in [0.5, 0.6) is 0 Å². The van der Waals surface area contributed by atoms with E-state index in [1.165, 1.54) is 19.3 Å². The predicted molar refractivity (Wildman–Crippen MR) is 75.3 cm³/mol. The van der Waals surface area contributed by atoms with E-state index in [0.29, 0.717) is 6.42 Å². The van der Waals surface area contributed by atoms with Crippen LogP contribution in [0, 0.1) is 49.4 Å². The van der Waals surface area contributed by atoms with E-state index in [9.17, 15) is 4.79 Å². The Kier molecular flexibility index (Phi) is 2.95. The maximum Gasteiger partial charge on any atom is 0.309 e. The zero-order valence-corrected chi connectivity index (χ0v) is 12.1. The molecule has 0 amide bonds. The molecule has 5 rings (SSSR count). The first-order valence-electron chi connectivity index (χ1n) is 8.27. The lowest BCUT2D eigenvalue weighted by Crippen LogP contribution is -2.53. The molecule has 20 heavy (non-hydrogen) atoms. The van der Waals surface area contributed by atoms with Crippen molar-refractivity contribution in [3.05, 3.63) is 13.8 Å². The van der Waals surface area contributed by atoms with Crippen LogP contribution in [-0.4, -0.2) is 11.6 Å². The fourth-order valence-corrected chi connectivity index (χ4v) is 5.83. The molecule has 0 heterocycles. The smallest absolute Gasteiger partial charge is 0.309 e. The van der Waals surface area contributed by atoms with Crippen molar-refractivity contribution in [3.8, 4) is 0 Å². The first-order valence-corrected chi connectivity index (χ1v) is 8.27. The second-order valence-electron chi connectivity index (χ2n) is 8.02. The number of carbonyl (C=O) groups excluding carboxylic acids is 1. The molecule has 2 nitrogen and oxygen atoms in total. The molecule has 3 atom stereocenters. The van der Waals surface area contributed by atoms with E-state index < -0.39 is 0 Å². The molecule has 3 unspecified atom stereocenters. The van der Waals surface area contributed by atoms with Gasteiger partial charge in [0.25, 0.3) is 0 Å². The average Bonchev–Trinajstić information content (AvgIpc) is 2.66. The maximum absolute atomic E-state index is 12.5. The Balaban J connectivity index is 1.47. The molecule has 0 aromatic heterocycles. The summed E-state index contributed by atoms with van der Waals surface area (Å²) in [4.78, 5) is 12.5. The molecular weight excluding hydrogens is 248 g/mol. The normalized spacial score (nSPS) is 53.3. The minimum absolute atomic E-state index is 0.0626. The molecular formula is C18H24O2. The molecule has 0 aromatic carbocycles. The van der Waals surface area contributed by atoms with Gasteiger partial charge in [0.05, 0.1) is 5.92 Å². The topological polar surface area (TPSA) is 26.3 Å². The van der Waals surface area contributed by atoms with E-state index in [4.69, 9.17) is 18.6 Å². The van der Waals surface area contributed by atoms with Crippen LogP contribution in [0.4, 0.5) is 0 Å². The van der Waals surface area contributed by atoms with E-state index in [0.717, 1.165) is 43.4 Å². The van der Waals surface area contributed by atoms with Crippen LogP contribution < -0.4 is 0 Å². The third kappa shape index (κ3) is 2.10. The Bertz CT molecular complexity index is 378. The third-order valence-electron chi connectivity index (χ3n) is 6.25. The number of rotatable bonds is 2. The van der Waals surface area contributed by atoms with Crippen molar-refractivity contribution < 1.29 is 9.53 Å². The quantitative estimate of drug-likeness (QED) is 0.718. The van der Waals surface area contributed by atoms with Crippen LogP contribution in [0.2, 0.25) is 0 Å². The van der Waals surface area contributed by atoms with E-state index >= 15 is 0 Å². The van der Waals surface area contributed by atoms with E-state index in [1.54, 1.807) is 0 Å². The minimum Gasteiger partial charge on any atom is -0.459 e. The average molecular weight is 272 g/mol. The van der Waals surface area contributed by atoms with Crippen LogP contribution in [-0.2, 0) is 9.53 Å². The van der Waals surface area contributed by atoms with Gasteiger partial charge in [0.2, 0.25) is 0 Å². The van der Waals surface area contributed by atoms with Crippen molar-refractivity contribution in [2.24, 2.45) is 35.5 Å². The van der Waals surface area contributed by atoms with Crippen LogP contribution in [0.25, 0.3) is 0 Å². The van der Waals surface area contributed by atoms with Crippen LogP contribution in [0.15, 0.2) is 0 Å². The fraction of sp³-hybridized carbons (Fsp3) is 0.833. The van der Waals surface area contributed by atoms with Crippen molar-refractivity contribution in [2.45, 2.75) is 57.0 Å². The van der Waals surface area contributed by atoms with Crippen LogP contribution in [0.3, 0.4) is 0 Å². The lowest BCUT2D eigenvalue weighted by molar-refractivity contribution is -0.191. The van der Waals surface area contributed by atoms with Crippen molar-refractivity contribution in [1.29, 1.82) is 0 Å². The molecule has 5 aliphatic rings. The number of hydrogen-bond acceptors (Lipinski definition) is 2.